The normalized spacial score (nSPS) is 34.9. The lowest BCUT2D eigenvalue weighted by Gasteiger charge is -2.56. The molecule has 4 aliphatic carbocycles. The minimum Gasteiger partial charge on any atom is -0.465 e. The third-order valence-electron chi connectivity index (χ3n) is 13.0. The molecule has 0 aromatic rings. The van der Waals surface area contributed by atoms with Gasteiger partial charge in [0.2, 0.25) is 0 Å². The summed E-state index contributed by atoms with van der Waals surface area (Å²) in [7, 11) is -1.75. The molecule has 0 bridgehead atoms. The standard InChI is InChI=1S/C38H66O3Si/c1-26(25-40-34(39)35(3,4)5)14-13-15-27(2)31-18-19-32-30-17-16-28-24-29(41-42(11,12)36(6,7)8)20-22-37(28,9)33(30)21-23-38(31,32)10/h16-17,26-27,29,31-33H,13-15,18-25H2,1-12H3/t26-,27+,29-,31+,32-,33-,37-,38+/m0/s1. The first-order valence-electron chi connectivity index (χ1n) is 17.6. The summed E-state index contributed by atoms with van der Waals surface area (Å²) in [6, 6.07) is 0. The highest BCUT2D eigenvalue weighted by molar-refractivity contribution is 6.74. The Balaban J connectivity index is 1.36. The molecule has 240 valence electrons. The van der Waals surface area contributed by atoms with Crippen LogP contribution in [-0.4, -0.2) is 27.0 Å². The molecule has 0 aliphatic heterocycles. The summed E-state index contributed by atoms with van der Waals surface area (Å²) in [6.07, 6.45) is 18.4. The molecule has 0 saturated heterocycles. The minimum atomic E-state index is -1.75. The Morgan fingerprint density at radius 3 is 2.29 bits per heavy atom. The quantitative estimate of drug-likeness (QED) is 0.196. The maximum atomic E-state index is 12.2. The Labute approximate surface area is 261 Å². The topological polar surface area (TPSA) is 35.5 Å². The minimum absolute atomic E-state index is 0.0800. The molecule has 0 amide bonds. The van der Waals surface area contributed by atoms with Gasteiger partial charge >= 0.3 is 5.97 Å². The first kappa shape index (κ1) is 34.0. The van der Waals surface area contributed by atoms with Gasteiger partial charge in [-0.2, -0.15) is 0 Å². The van der Waals surface area contributed by atoms with E-state index >= 15 is 0 Å². The number of carbonyl (C=O) groups excluding carboxylic acids is 1. The van der Waals surface area contributed by atoms with E-state index in [1.54, 1.807) is 5.57 Å². The van der Waals surface area contributed by atoms with Crippen molar-refractivity contribution in [2.45, 2.75) is 158 Å². The molecule has 42 heavy (non-hydrogen) atoms. The van der Waals surface area contributed by atoms with Crippen LogP contribution in [0, 0.1) is 45.8 Å². The third-order valence-corrected chi connectivity index (χ3v) is 17.6. The Morgan fingerprint density at radius 1 is 0.952 bits per heavy atom. The summed E-state index contributed by atoms with van der Waals surface area (Å²) in [4.78, 5) is 12.2. The molecule has 8 atom stereocenters. The van der Waals surface area contributed by atoms with Crippen molar-refractivity contribution in [2.24, 2.45) is 45.8 Å². The molecule has 0 aromatic heterocycles. The van der Waals surface area contributed by atoms with Crippen molar-refractivity contribution in [3.8, 4) is 0 Å². The van der Waals surface area contributed by atoms with Crippen LogP contribution in [0.25, 0.3) is 0 Å². The molecule has 3 saturated carbocycles. The summed E-state index contributed by atoms with van der Waals surface area (Å²) in [6.45, 7) is 28.3. The second-order valence-electron chi connectivity index (χ2n) is 18.2. The van der Waals surface area contributed by atoms with Gasteiger partial charge in [0.25, 0.3) is 0 Å². The van der Waals surface area contributed by atoms with Crippen LogP contribution in [0.2, 0.25) is 18.1 Å². The zero-order valence-corrected chi connectivity index (χ0v) is 30.6. The highest BCUT2D eigenvalue weighted by Gasteiger charge is 2.57. The fourth-order valence-corrected chi connectivity index (χ4v) is 10.5. The molecule has 0 radical (unpaired) electrons. The first-order valence-corrected chi connectivity index (χ1v) is 20.5. The number of allylic oxidation sites excluding steroid dienone is 3. The summed E-state index contributed by atoms with van der Waals surface area (Å²) < 4.78 is 12.5. The number of esters is 1. The highest BCUT2D eigenvalue weighted by Crippen LogP contribution is 2.66. The van der Waals surface area contributed by atoms with E-state index in [9.17, 15) is 4.79 Å². The number of rotatable bonds is 9. The largest absolute Gasteiger partial charge is 0.465 e. The van der Waals surface area contributed by atoms with Gasteiger partial charge in [0.1, 0.15) is 0 Å². The van der Waals surface area contributed by atoms with Crippen molar-refractivity contribution in [3.63, 3.8) is 0 Å². The van der Waals surface area contributed by atoms with Crippen LogP contribution in [0.4, 0.5) is 0 Å². The lowest BCUT2D eigenvalue weighted by Crippen LogP contribution is -2.49. The first-order chi connectivity index (χ1) is 19.3. The van der Waals surface area contributed by atoms with E-state index in [1.165, 1.54) is 51.4 Å². The van der Waals surface area contributed by atoms with Crippen molar-refractivity contribution < 1.29 is 14.0 Å². The van der Waals surface area contributed by atoms with Crippen LogP contribution in [0.1, 0.15) is 133 Å². The second-order valence-corrected chi connectivity index (χ2v) is 23.0. The van der Waals surface area contributed by atoms with Gasteiger partial charge in [-0.1, -0.05) is 84.6 Å². The Bertz CT molecular complexity index is 1040. The average molecular weight is 599 g/mol. The molecule has 4 rings (SSSR count). The van der Waals surface area contributed by atoms with E-state index < -0.39 is 13.7 Å². The van der Waals surface area contributed by atoms with Crippen molar-refractivity contribution in [2.75, 3.05) is 6.61 Å². The smallest absolute Gasteiger partial charge is 0.311 e. The van der Waals surface area contributed by atoms with Gasteiger partial charge in [0.15, 0.2) is 8.32 Å². The summed E-state index contributed by atoms with van der Waals surface area (Å²) in [5.41, 5.74) is 3.85. The zero-order valence-electron chi connectivity index (χ0n) is 29.6. The van der Waals surface area contributed by atoms with Gasteiger partial charge in [-0.15, -0.1) is 0 Å². The van der Waals surface area contributed by atoms with Crippen LogP contribution >= 0.6 is 0 Å². The number of ether oxygens (including phenoxy) is 1. The molecule has 0 unspecified atom stereocenters. The number of hydrogen-bond acceptors (Lipinski definition) is 3. The summed E-state index contributed by atoms with van der Waals surface area (Å²) in [5.74, 6) is 3.43. The van der Waals surface area contributed by atoms with E-state index in [0.717, 1.165) is 36.5 Å². The van der Waals surface area contributed by atoms with Crippen molar-refractivity contribution in [1.29, 1.82) is 0 Å². The van der Waals surface area contributed by atoms with Crippen LogP contribution < -0.4 is 0 Å². The maximum absolute atomic E-state index is 12.2. The average Bonchev–Trinajstić information content (AvgIpc) is 3.23. The van der Waals surface area contributed by atoms with E-state index in [-0.39, 0.29) is 11.0 Å². The molecule has 0 spiro atoms. The summed E-state index contributed by atoms with van der Waals surface area (Å²) >= 11 is 0. The molecule has 4 heteroatoms. The second kappa shape index (κ2) is 12.1. The lowest BCUT2D eigenvalue weighted by molar-refractivity contribution is -0.154. The van der Waals surface area contributed by atoms with Crippen molar-refractivity contribution in [3.05, 3.63) is 23.3 Å². The predicted octanol–water partition coefficient (Wildman–Crippen LogP) is 10.9. The van der Waals surface area contributed by atoms with Crippen LogP contribution in [-0.2, 0) is 14.0 Å². The van der Waals surface area contributed by atoms with Gasteiger partial charge in [-0.3, -0.25) is 4.79 Å². The Hall–Kier alpha value is -0.873. The molecule has 0 heterocycles. The third kappa shape index (κ3) is 6.70. The number of hydrogen-bond donors (Lipinski definition) is 0. The molecule has 0 aromatic carbocycles. The van der Waals surface area contributed by atoms with E-state index in [4.69, 9.17) is 9.16 Å². The van der Waals surface area contributed by atoms with E-state index in [1.807, 2.05) is 26.3 Å². The highest BCUT2D eigenvalue weighted by atomic mass is 28.4. The molecular weight excluding hydrogens is 533 g/mol. The van der Waals surface area contributed by atoms with E-state index in [0.29, 0.717) is 29.5 Å². The number of fused-ring (bicyclic) bond motifs is 5. The van der Waals surface area contributed by atoms with Gasteiger partial charge in [-0.25, -0.2) is 0 Å². The van der Waals surface area contributed by atoms with Gasteiger partial charge in [0, 0.05) is 6.10 Å². The molecule has 3 fully saturated rings. The predicted molar refractivity (Wildman–Crippen MR) is 180 cm³/mol. The SMILES string of the molecule is C[C@@H](CCC[C@@H](C)[C@H]1CC[C@H]2C3=CC=C4C[C@@H](O[Si](C)(C)C(C)(C)C)CC[C@]4(C)[C@H]3CC[C@]12C)COC(=O)C(C)(C)C. The van der Waals surface area contributed by atoms with Crippen molar-refractivity contribution >= 4 is 14.3 Å². The van der Waals surface area contributed by atoms with Gasteiger partial charge in [0.05, 0.1) is 12.0 Å². The van der Waals surface area contributed by atoms with Crippen LogP contribution in [0.3, 0.4) is 0 Å². The lowest BCUT2D eigenvalue weighted by atomic mass is 9.50. The van der Waals surface area contributed by atoms with Crippen molar-refractivity contribution in [1.82, 2.24) is 0 Å². The zero-order chi connectivity index (χ0) is 31.3. The molecule has 0 N–H and O–H groups in total. The summed E-state index contributed by atoms with van der Waals surface area (Å²) in [5, 5.41) is 0.269. The van der Waals surface area contributed by atoms with Crippen LogP contribution in [0.5, 0.6) is 0 Å². The van der Waals surface area contributed by atoms with E-state index in [2.05, 4.69) is 73.7 Å². The molecule has 4 aliphatic rings. The Morgan fingerprint density at radius 2 is 1.64 bits per heavy atom. The van der Waals surface area contributed by atoms with Gasteiger partial charge in [-0.05, 0) is 131 Å². The fraction of sp³-hybridized carbons (Fsp3) is 0.868. The van der Waals surface area contributed by atoms with Crippen LogP contribution in [0.15, 0.2) is 23.3 Å². The maximum Gasteiger partial charge on any atom is 0.311 e. The number of carbonyl (C=O) groups is 1. The molecule has 3 nitrogen and oxygen atoms in total. The monoisotopic (exact) mass is 598 g/mol. The fourth-order valence-electron chi connectivity index (χ4n) is 9.15. The Kier molecular flexibility index (Phi) is 9.83. The molecular formula is C38H66O3Si. The van der Waals surface area contributed by atoms with Gasteiger partial charge < -0.3 is 9.16 Å².